The van der Waals surface area contributed by atoms with Gasteiger partial charge in [-0.05, 0) is 44.7 Å². The lowest BCUT2D eigenvalue weighted by Gasteiger charge is -2.40. The molecule has 3 atom stereocenters. The van der Waals surface area contributed by atoms with Gasteiger partial charge in [-0.25, -0.2) is 4.79 Å². The summed E-state index contributed by atoms with van der Waals surface area (Å²) in [6, 6.07) is 10.5. The second-order valence-electron chi connectivity index (χ2n) is 7.51. The van der Waals surface area contributed by atoms with E-state index in [0.29, 0.717) is 6.42 Å². The molecule has 0 saturated carbocycles. The molecule has 4 nitrogen and oxygen atoms in total. The van der Waals surface area contributed by atoms with Gasteiger partial charge in [0.15, 0.2) is 5.79 Å². The van der Waals surface area contributed by atoms with Crippen molar-refractivity contribution in [1.82, 2.24) is 0 Å². The predicted octanol–water partition coefficient (Wildman–Crippen LogP) is 5.15. The van der Waals surface area contributed by atoms with Gasteiger partial charge >= 0.3 is 5.97 Å². The molecule has 0 N–H and O–H groups in total. The summed E-state index contributed by atoms with van der Waals surface area (Å²) in [6.45, 7) is 11.1. The molecule has 1 heterocycles. The zero-order valence-electron chi connectivity index (χ0n) is 17.0. The number of ether oxygens (including phenoxy) is 3. The second-order valence-corrected chi connectivity index (χ2v) is 7.51. The fraction of sp³-hybridized carbons (Fsp3) is 0.458. The van der Waals surface area contributed by atoms with Crippen LogP contribution in [0.5, 0.6) is 0 Å². The summed E-state index contributed by atoms with van der Waals surface area (Å²) < 4.78 is 17.5. The van der Waals surface area contributed by atoms with E-state index < -0.39 is 11.8 Å². The van der Waals surface area contributed by atoms with Crippen LogP contribution in [0.3, 0.4) is 0 Å². The average Bonchev–Trinajstić information content (AvgIpc) is 2.66. The lowest BCUT2D eigenvalue weighted by Crippen LogP contribution is -2.44. The summed E-state index contributed by atoms with van der Waals surface area (Å²) in [5.41, 5.74) is 1.32. The van der Waals surface area contributed by atoms with Crippen LogP contribution >= 0.6 is 0 Å². The maximum Gasteiger partial charge on any atom is 0.330 e. The van der Waals surface area contributed by atoms with Gasteiger partial charge in [0.1, 0.15) is 6.10 Å². The van der Waals surface area contributed by atoms with Crippen LogP contribution in [-0.2, 0) is 25.4 Å². The molecule has 0 amide bonds. The Balaban J connectivity index is 1.89. The Morgan fingerprint density at radius 3 is 2.64 bits per heavy atom. The highest BCUT2D eigenvalue weighted by atomic mass is 16.7. The quantitative estimate of drug-likeness (QED) is 0.318. The van der Waals surface area contributed by atoms with Crippen molar-refractivity contribution in [3.63, 3.8) is 0 Å². The summed E-state index contributed by atoms with van der Waals surface area (Å²) in [5.74, 6) is -1.03. The molecule has 1 aromatic carbocycles. The van der Waals surface area contributed by atoms with Gasteiger partial charge in [0.25, 0.3) is 0 Å². The van der Waals surface area contributed by atoms with Crippen LogP contribution in [0.1, 0.15) is 45.1 Å². The van der Waals surface area contributed by atoms with E-state index in [-0.39, 0.29) is 18.3 Å². The molecule has 1 aliphatic rings. The molecule has 0 spiro atoms. The number of rotatable bonds is 10. The van der Waals surface area contributed by atoms with Crippen molar-refractivity contribution in [2.75, 3.05) is 0 Å². The first-order valence-electron chi connectivity index (χ1n) is 9.92. The standard InChI is InChI=1S/C24H32O4/c1-5-11-20(26-23(25)6-2)14-10-15-21-18-22(28-24(3,4)27-21)17-16-19-12-8-7-9-13-19/h5-10,12-14,20-22H,1-2,11,15-18H2,3-4H3/b14-10+/t20-,21+,22+/m1/s1. The molecule has 1 saturated heterocycles. The minimum Gasteiger partial charge on any atom is -0.455 e. The van der Waals surface area contributed by atoms with Crippen molar-refractivity contribution in [2.24, 2.45) is 0 Å². The van der Waals surface area contributed by atoms with Crippen molar-refractivity contribution in [2.45, 2.75) is 70.1 Å². The van der Waals surface area contributed by atoms with Crippen molar-refractivity contribution in [3.05, 3.63) is 73.4 Å². The van der Waals surface area contributed by atoms with E-state index in [0.717, 1.165) is 25.7 Å². The zero-order chi connectivity index (χ0) is 20.4. The zero-order valence-corrected chi connectivity index (χ0v) is 17.0. The van der Waals surface area contributed by atoms with E-state index in [1.807, 2.05) is 32.1 Å². The lowest BCUT2D eigenvalue weighted by molar-refractivity contribution is -0.299. The van der Waals surface area contributed by atoms with Crippen LogP contribution in [0, 0.1) is 0 Å². The molecule has 152 valence electrons. The number of esters is 1. The van der Waals surface area contributed by atoms with Gasteiger partial charge < -0.3 is 14.2 Å². The van der Waals surface area contributed by atoms with E-state index in [9.17, 15) is 4.79 Å². The summed E-state index contributed by atoms with van der Waals surface area (Å²) in [6.07, 6.45) is 10.8. The maximum atomic E-state index is 11.4. The third kappa shape index (κ3) is 7.83. The monoisotopic (exact) mass is 384 g/mol. The van der Waals surface area contributed by atoms with Crippen LogP contribution in [-0.4, -0.2) is 30.1 Å². The molecule has 0 bridgehead atoms. The number of benzene rings is 1. The Morgan fingerprint density at radius 2 is 1.96 bits per heavy atom. The highest BCUT2D eigenvalue weighted by molar-refractivity contribution is 5.81. The Bertz CT molecular complexity index is 662. The molecule has 0 aromatic heterocycles. The van der Waals surface area contributed by atoms with Gasteiger partial charge in [-0.2, -0.15) is 0 Å². The first kappa shape index (κ1) is 22.1. The van der Waals surface area contributed by atoms with E-state index >= 15 is 0 Å². The smallest absolute Gasteiger partial charge is 0.330 e. The lowest BCUT2D eigenvalue weighted by atomic mass is 9.99. The van der Waals surface area contributed by atoms with Gasteiger partial charge in [0, 0.05) is 18.9 Å². The average molecular weight is 385 g/mol. The third-order valence-corrected chi connectivity index (χ3v) is 4.61. The second kappa shape index (κ2) is 11.0. The fourth-order valence-electron chi connectivity index (χ4n) is 3.42. The van der Waals surface area contributed by atoms with E-state index in [1.54, 1.807) is 6.08 Å². The molecule has 4 heteroatoms. The van der Waals surface area contributed by atoms with Crippen molar-refractivity contribution >= 4 is 5.97 Å². The molecule has 0 aliphatic carbocycles. The Hall–Kier alpha value is -2.17. The highest BCUT2D eigenvalue weighted by Crippen LogP contribution is 2.30. The molecule has 2 rings (SSSR count). The summed E-state index contributed by atoms with van der Waals surface area (Å²) in [4.78, 5) is 11.4. The molecule has 0 unspecified atom stereocenters. The number of aryl methyl sites for hydroxylation is 1. The van der Waals surface area contributed by atoms with Crippen LogP contribution in [0.2, 0.25) is 0 Å². The maximum absolute atomic E-state index is 11.4. The molecule has 1 fully saturated rings. The van der Waals surface area contributed by atoms with Crippen molar-refractivity contribution < 1.29 is 19.0 Å². The number of carbonyl (C=O) groups excluding carboxylic acids is 1. The van der Waals surface area contributed by atoms with Crippen molar-refractivity contribution in [3.8, 4) is 0 Å². The van der Waals surface area contributed by atoms with Gasteiger partial charge in [-0.1, -0.05) is 49.1 Å². The number of hydrogen-bond acceptors (Lipinski definition) is 4. The summed E-state index contributed by atoms with van der Waals surface area (Å²) in [7, 11) is 0. The van der Waals surface area contributed by atoms with Gasteiger partial charge in [0.2, 0.25) is 0 Å². The normalized spacial score (nSPS) is 22.5. The Labute approximate surface area is 168 Å². The highest BCUT2D eigenvalue weighted by Gasteiger charge is 2.34. The van der Waals surface area contributed by atoms with E-state index in [2.05, 4.69) is 37.4 Å². The SMILES string of the molecule is C=CC[C@H](/C=C/C[C@H]1C[C@H](CCc2ccccc2)OC(C)(C)O1)OC(=O)C=C. The van der Waals surface area contributed by atoms with Crippen LogP contribution in [0.25, 0.3) is 0 Å². The summed E-state index contributed by atoms with van der Waals surface area (Å²) >= 11 is 0. The van der Waals surface area contributed by atoms with Crippen LogP contribution in [0.4, 0.5) is 0 Å². The molecule has 28 heavy (non-hydrogen) atoms. The van der Waals surface area contributed by atoms with E-state index in [4.69, 9.17) is 14.2 Å². The van der Waals surface area contributed by atoms with Gasteiger partial charge in [0.05, 0.1) is 12.2 Å². The molecule has 1 aromatic rings. The van der Waals surface area contributed by atoms with Gasteiger partial charge in [-0.15, -0.1) is 6.58 Å². The predicted molar refractivity (Wildman–Crippen MR) is 112 cm³/mol. The first-order chi connectivity index (χ1) is 13.4. The van der Waals surface area contributed by atoms with Crippen LogP contribution in [0.15, 0.2) is 67.8 Å². The topological polar surface area (TPSA) is 44.8 Å². The van der Waals surface area contributed by atoms with E-state index in [1.165, 1.54) is 11.6 Å². The molecular weight excluding hydrogens is 352 g/mol. The van der Waals surface area contributed by atoms with Gasteiger partial charge in [-0.3, -0.25) is 0 Å². The minimum absolute atomic E-state index is 0.0697. The molecular formula is C24H32O4. The summed E-state index contributed by atoms with van der Waals surface area (Å²) in [5, 5.41) is 0. The fourth-order valence-corrected chi connectivity index (χ4v) is 3.42. The Kier molecular flexibility index (Phi) is 8.68. The van der Waals surface area contributed by atoms with Crippen molar-refractivity contribution in [1.29, 1.82) is 0 Å². The number of carbonyl (C=O) groups is 1. The number of hydrogen-bond donors (Lipinski definition) is 0. The minimum atomic E-state index is -0.603. The largest absolute Gasteiger partial charge is 0.455 e. The first-order valence-corrected chi connectivity index (χ1v) is 9.92. The molecule has 1 aliphatic heterocycles. The Morgan fingerprint density at radius 1 is 1.25 bits per heavy atom. The molecule has 0 radical (unpaired) electrons. The van der Waals surface area contributed by atoms with Crippen LogP contribution < -0.4 is 0 Å². The third-order valence-electron chi connectivity index (χ3n) is 4.61.